The molecule has 0 radical (unpaired) electrons. The molecule has 0 aromatic heterocycles. The number of nitro benzene ring substituents is 1. The highest BCUT2D eigenvalue weighted by atomic mass is 79.9. The molecule has 0 aliphatic heterocycles. The summed E-state index contributed by atoms with van der Waals surface area (Å²) in [6.45, 7) is 4.38. The van der Waals surface area contributed by atoms with Crippen LogP contribution in [0.1, 0.15) is 18.9 Å². The van der Waals surface area contributed by atoms with Crippen LogP contribution in [0.3, 0.4) is 0 Å². The van der Waals surface area contributed by atoms with Gasteiger partial charge in [-0.3, -0.25) is 10.1 Å². The van der Waals surface area contributed by atoms with Crippen molar-refractivity contribution in [1.82, 2.24) is 0 Å². The van der Waals surface area contributed by atoms with Crippen LogP contribution >= 0.6 is 15.9 Å². The molecule has 17 heavy (non-hydrogen) atoms. The van der Waals surface area contributed by atoms with Crippen molar-refractivity contribution >= 4 is 21.6 Å². The number of alkyl halides is 1. The first-order valence-electron chi connectivity index (χ1n) is 5.52. The van der Waals surface area contributed by atoms with Crippen molar-refractivity contribution in [2.24, 2.45) is 5.92 Å². The topological polar surface area (TPSA) is 52.4 Å². The van der Waals surface area contributed by atoms with Crippen LogP contribution in [0.25, 0.3) is 0 Å². The van der Waals surface area contributed by atoms with Crippen LogP contribution < -0.4 is 4.74 Å². The highest BCUT2D eigenvalue weighted by Crippen LogP contribution is 2.28. The standard InChI is InChI=1S/C12H16BrNO3/c1-3-10(7-13)8-17-12-5-4-9(2)6-11(12)14(15)16/h4-6,10H,3,7-8H2,1-2H3. The summed E-state index contributed by atoms with van der Waals surface area (Å²) < 4.78 is 5.53. The van der Waals surface area contributed by atoms with Crippen LogP contribution in [0.2, 0.25) is 0 Å². The lowest BCUT2D eigenvalue weighted by atomic mass is 10.1. The van der Waals surface area contributed by atoms with Crippen LogP contribution in [0.15, 0.2) is 18.2 Å². The molecule has 0 aliphatic rings. The molecule has 0 N–H and O–H groups in total. The fourth-order valence-corrected chi connectivity index (χ4v) is 2.02. The molecule has 5 heteroatoms. The fourth-order valence-electron chi connectivity index (χ4n) is 1.37. The maximum Gasteiger partial charge on any atom is 0.311 e. The first-order valence-corrected chi connectivity index (χ1v) is 6.64. The molecule has 0 fully saturated rings. The quantitative estimate of drug-likeness (QED) is 0.457. The van der Waals surface area contributed by atoms with E-state index in [9.17, 15) is 10.1 Å². The van der Waals surface area contributed by atoms with Crippen LogP contribution in [-0.2, 0) is 0 Å². The number of nitro groups is 1. The van der Waals surface area contributed by atoms with Gasteiger partial charge in [0, 0.05) is 17.3 Å². The van der Waals surface area contributed by atoms with Gasteiger partial charge in [-0.05, 0) is 25.0 Å². The molecule has 94 valence electrons. The lowest BCUT2D eigenvalue weighted by Crippen LogP contribution is -2.13. The third-order valence-corrected chi connectivity index (χ3v) is 3.50. The molecule has 0 heterocycles. The number of nitrogens with zero attached hydrogens (tertiary/aromatic N) is 1. The Kier molecular flexibility index (Phi) is 5.41. The van der Waals surface area contributed by atoms with Gasteiger partial charge in [-0.1, -0.05) is 28.9 Å². The van der Waals surface area contributed by atoms with Crippen molar-refractivity contribution in [3.05, 3.63) is 33.9 Å². The Morgan fingerprint density at radius 1 is 1.53 bits per heavy atom. The molecule has 4 nitrogen and oxygen atoms in total. The van der Waals surface area contributed by atoms with E-state index in [1.54, 1.807) is 6.07 Å². The third-order valence-electron chi connectivity index (χ3n) is 2.58. The predicted molar refractivity (Wildman–Crippen MR) is 70.9 cm³/mol. The first kappa shape index (κ1) is 14.0. The summed E-state index contributed by atoms with van der Waals surface area (Å²) in [5, 5.41) is 11.7. The van der Waals surface area contributed by atoms with Crippen molar-refractivity contribution < 1.29 is 9.66 Å². The van der Waals surface area contributed by atoms with Crippen LogP contribution in [-0.4, -0.2) is 16.9 Å². The normalized spacial score (nSPS) is 12.2. The predicted octanol–water partition coefficient (Wildman–Crippen LogP) is 3.70. The van der Waals surface area contributed by atoms with Gasteiger partial charge < -0.3 is 4.74 Å². The van der Waals surface area contributed by atoms with Gasteiger partial charge in [0.05, 0.1) is 11.5 Å². The molecular weight excluding hydrogens is 286 g/mol. The maximum absolute atomic E-state index is 10.9. The molecule has 1 unspecified atom stereocenters. The molecule has 1 rings (SSSR count). The smallest absolute Gasteiger partial charge is 0.311 e. The molecule has 1 atom stereocenters. The summed E-state index contributed by atoms with van der Waals surface area (Å²) >= 11 is 3.39. The molecule has 0 spiro atoms. The van der Waals surface area contributed by atoms with Crippen molar-refractivity contribution in [3.63, 3.8) is 0 Å². The molecule has 1 aromatic carbocycles. The Hall–Kier alpha value is -1.10. The van der Waals surface area contributed by atoms with E-state index in [-0.39, 0.29) is 5.69 Å². The minimum absolute atomic E-state index is 0.0365. The van der Waals surface area contributed by atoms with Gasteiger partial charge in [-0.2, -0.15) is 0 Å². The van der Waals surface area contributed by atoms with E-state index in [2.05, 4.69) is 22.9 Å². The van der Waals surface area contributed by atoms with Gasteiger partial charge in [0.2, 0.25) is 0 Å². The number of hydrogen-bond acceptors (Lipinski definition) is 3. The lowest BCUT2D eigenvalue weighted by molar-refractivity contribution is -0.385. The summed E-state index contributed by atoms with van der Waals surface area (Å²) in [4.78, 5) is 10.5. The second kappa shape index (κ2) is 6.59. The van der Waals surface area contributed by atoms with Crippen molar-refractivity contribution in [2.45, 2.75) is 20.3 Å². The zero-order valence-electron chi connectivity index (χ0n) is 9.98. The van der Waals surface area contributed by atoms with E-state index in [1.165, 1.54) is 6.07 Å². The number of rotatable bonds is 6. The number of aryl methyl sites for hydroxylation is 1. The van der Waals surface area contributed by atoms with Gasteiger partial charge in [0.25, 0.3) is 0 Å². The van der Waals surface area contributed by atoms with Gasteiger partial charge in [0.1, 0.15) is 0 Å². The largest absolute Gasteiger partial charge is 0.486 e. The number of halogens is 1. The minimum Gasteiger partial charge on any atom is -0.486 e. The van der Waals surface area contributed by atoms with Gasteiger partial charge >= 0.3 is 5.69 Å². The Morgan fingerprint density at radius 3 is 2.76 bits per heavy atom. The molecule has 1 aromatic rings. The Labute approximate surface area is 109 Å². The summed E-state index contributed by atoms with van der Waals surface area (Å²) in [5.74, 6) is 0.718. The first-order chi connectivity index (χ1) is 8.08. The molecule has 0 bridgehead atoms. The monoisotopic (exact) mass is 301 g/mol. The van der Waals surface area contributed by atoms with Gasteiger partial charge in [0.15, 0.2) is 5.75 Å². The summed E-state index contributed by atoms with van der Waals surface area (Å²) in [7, 11) is 0. The van der Waals surface area contributed by atoms with Crippen molar-refractivity contribution in [3.8, 4) is 5.75 Å². The highest BCUT2D eigenvalue weighted by Gasteiger charge is 2.16. The van der Waals surface area contributed by atoms with E-state index in [4.69, 9.17) is 4.74 Å². The molecule has 0 saturated carbocycles. The van der Waals surface area contributed by atoms with E-state index >= 15 is 0 Å². The Balaban J connectivity index is 2.80. The van der Waals surface area contributed by atoms with Crippen molar-refractivity contribution in [2.75, 3.05) is 11.9 Å². The zero-order valence-corrected chi connectivity index (χ0v) is 11.6. The van der Waals surface area contributed by atoms with E-state index in [0.717, 1.165) is 17.3 Å². The third kappa shape index (κ3) is 4.00. The molecular formula is C12H16BrNO3. The highest BCUT2D eigenvalue weighted by molar-refractivity contribution is 9.09. The van der Waals surface area contributed by atoms with E-state index < -0.39 is 4.92 Å². The Bertz CT molecular complexity index is 391. The van der Waals surface area contributed by atoms with Gasteiger partial charge in [-0.25, -0.2) is 0 Å². The SMILES string of the molecule is CCC(CBr)COc1ccc(C)cc1[N+](=O)[O-]. The average molecular weight is 302 g/mol. The summed E-state index contributed by atoms with van der Waals surface area (Å²) in [5.41, 5.74) is 0.894. The number of hydrogen-bond donors (Lipinski definition) is 0. The summed E-state index contributed by atoms with van der Waals surface area (Å²) in [6.07, 6.45) is 0.977. The van der Waals surface area contributed by atoms with E-state index in [0.29, 0.717) is 18.3 Å². The molecule has 0 saturated heterocycles. The van der Waals surface area contributed by atoms with Crippen LogP contribution in [0.4, 0.5) is 5.69 Å². The van der Waals surface area contributed by atoms with Crippen LogP contribution in [0.5, 0.6) is 5.75 Å². The zero-order chi connectivity index (χ0) is 12.8. The Morgan fingerprint density at radius 2 is 2.24 bits per heavy atom. The molecule has 0 aliphatic carbocycles. The number of benzene rings is 1. The average Bonchev–Trinajstić information content (AvgIpc) is 2.31. The van der Waals surface area contributed by atoms with Crippen LogP contribution in [0, 0.1) is 23.0 Å². The second-order valence-corrected chi connectivity index (χ2v) is 4.62. The minimum atomic E-state index is -0.405. The van der Waals surface area contributed by atoms with E-state index in [1.807, 2.05) is 13.0 Å². The fraction of sp³-hybridized carbons (Fsp3) is 0.500. The second-order valence-electron chi connectivity index (χ2n) is 3.97. The summed E-state index contributed by atoms with van der Waals surface area (Å²) in [6, 6.07) is 5.01. The molecule has 0 amide bonds. The number of ether oxygens (including phenoxy) is 1. The lowest BCUT2D eigenvalue weighted by Gasteiger charge is -2.13. The van der Waals surface area contributed by atoms with Crippen molar-refractivity contribution in [1.29, 1.82) is 0 Å². The van der Waals surface area contributed by atoms with Gasteiger partial charge in [-0.15, -0.1) is 0 Å². The maximum atomic E-state index is 10.9.